The van der Waals surface area contributed by atoms with E-state index in [0.717, 1.165) is 13.2 Å². The van der Waals surface area contributed by atoms with E-state index in [4.69, 9.17) is 0 Å². The molecule has 0 fully saturated rings. The summed E-state index contributed by atoms with van der Waals surface area (Å²) >= 11 is 0. The highest BCUT2D eigenvalue weighted by molar-refractivity contribution is 8.93. The summed E-state index contributed by atoms with van der Waals surface area (Å²) in [6.07, 6.45) is 2.22. The minimum atomic E-state index is 0. The van der Waals surface area contributed by atoms with Gasteiger partial charge < -0.3 is 9.80 Å². The first-order valence-corrected chi connectivity index (χ1v) is 6.59. The van der Waals surface area contributed by atoms with E-state index >= 15 is 0 Å². The van der Waals surface area contributed by atoms with Crippen LogP contribution in [0.5, 0.6) is 0 Å². The van der Waals surface area contributed by atoms with E-state index in [1.165, 1.54) is 16.8 Å². The Morgan fingerprint density at radius 1 is 0.900 bits per heavy atom. The molecule has 1 aliphatic rings. The Morgan fingerprint density at radius 3 is 2.15 bits per heavy atom. The highest BCUT2D eigenvalue weighted by Crippen LogP contribution is 2.26. The smallest absolute Gasteiger partial charge is 0.0899 e. The molecule has 2 aromatic rings. The van der Waals surface area contributed by atoms with Crippen LogP contribution in [0.2, 0.25) is 0 Å². The van der Waals surface area contributed by atoms with Gasteiger partial charge in [-0.2, -0.15) is 0 Å². The second-order valence-electron chi connectivity index (χ2n) is 4.96. The molecule has 0 atom stereocenters. The predicted octanol–water partition coefficient (Wildman–Crippen LogP) is 3.97. The van der Waals surface area contributed by atoms with Gasteiger partial charge >= 0.3 is 0 Å². The van der Waals surface area contributed by atoms with E-state index in [0.29, 0.717) is 0 Å². The van der Waals surface area contributed by atoms with Crippen LogP contribution in [0.1, 0.15) is 11.1 Å². The Labute approximate surface area is 131 Å². The summed E-state index contributed by atoms with van der Waals surface area (Å²) < 4.78 is 0. The van der Waals surface area contributed by atoms with Gasteiger partial charge in [0.15, 0.2) is 0 Å². The highest BCUT2D eigenvalue weighted by Gasteiger charge is 2.19. The average molecular weight is 331 g/mol. The van der Waals surface area contributed by atoms with Crippen molar-refractivity contribution in [1.82, 2.24) is 9.80 Å². The predicted molar refractivity (Wildman–Crippen MR) is 89.4 cm³/mol. The number of halogens is 1. The monoisotopic (exact) mass is 330 g/mol. The first-order chi connectivity index (χ1) is 9.33. The molecule has 0 saturated carbocycles. The van der Waals surface area contributed by atoms with E-state index in [-0.39, 0.29) is 17.0 Å². The first kappa shape index (κ1) is 14.7. The van der Waals surface area contributed by atoms with Gasteiger partial charge in [0.05, 0.1) is 12.4 Å². The Morgan fingerprint density at radius 2 is 1.50 bits per heavy atom. The third-order valence-corrected chi connectivity index (χ3v) is 3.36. The largest absolute Gasteiger partial charge is 0.361 e. The fourth-order valence-electron chi connectivity index (χ4n) is 2.48. The summed E-state index contributed by atoms with van der Waals surface area (Å²) in [6.45, 7) is 1.89. The van der Waals surface area contributed by atoms with Gasteiger partial charge in [0.2, 0.25) is 0 Å². The average Bonchev–Trinajstić information content (AvgIpc) is 2.82. The molecule has 2 nitrogen and oxygen atoms in total. The maximum Gasteiger partial charge on any atom is 0.0899 e. The van der Waals surface area contributed by atoms with Crippen LogP contribution in [0, 0.1) is 0 Å². The summed E-state index contributed by atoms with van der Waals surface area (Å²) in [4.78, 5) is 4.63. The number of benzene rings is 2. The van der Waals surface area contributed by atoms with Gasteiger partial charge in [-0.3, -0.25) is 0 Å². The Kier molecular flexibility index (Phi) is 4.85. The third kappa shape index (κ3) is 3.23. The molecular formula is C17H19BrN2. The summed E-state index contributed by atoms with van der Waals surface area (Å²) in [5, 5.41) is 0. The van der Waals surface area contributed by atoms with Gasteiger partial charge in [-0.15, -0.1) is 17.0 Å². The van der Waals surface area contributed by atoms with Crippen molar-refractivity contribution in [1.29, 1.82) is 0 Å². The van der Waals surface area contributed by atoms with Crippen molar-refractivity contribution in [3.63, 3.8) is 0 Å². The normalized spacial score (nSPS) is 13.9. The van der Waals surface area contributed by atoms with Crippen LogP contribution in [0.15, 0.2) is 66.9 Å². The van der Waals surface area contributed by atoms with Gasteiger partial charge in [0.1, 0.15) is 0 Å². The molecule has 0 saturated heterocycles. The quantitative estimate of drug-likeness (QED) is 0.840. The van der Waals surface area contributed by atoms with E-state index in [1.807, 2.05) is 0 Å². The molecule has 3 rings (SSSR count). The molecule has 0 amide bonds. The first-order valence-electron chi connectivity index (χ1n) is 6.59. The molecule has 0 unspecified atom stereocenters. The lowest BCUT2D eigenvalue weighted by Gasteiger charge is -2.23. The van der Waals surface area contributed by atoms with Crippen molar-refractivity contribution in [3.8, 4) is 0 Å². The lowest BCUT2D eigenvalue weighted by Crippen LogP contribution is -2.24. The minimum absolute atomic E-state index is 0. The van der Waals surface area contributed by atoms with Crippen LogP contribution >= 0.6 is 17.0 Å². The Hall–Kier alpha value is -1.74. The van der Waals surface area contributed by atoms with Gasteiger partial charge in [0.25, 0.3) is 0 Å². The van der Waals surface area contributed by atoms with E-state index in [1.54, 1.807) is 0 Å². The Balaban J connectivity index is 0.00000147. The van der Waals surface area contributed by atoms with Gasteiger partial charge in [0, 0.05) is 19.8 Å². The highest BCUT2D eigenvalue weighted by atomic mass is 79.9. The van der Waals surface area contributed by atoms with Crippen molar-refractivity contribution in [2.45, 2.75) is 6.54 Å². The fourth-order valence-corrected chi connectivity index (χ4v) is 2.48. The van der Waals surface area contributed by atoms with Crippen LogP contribution < -0.4 is 0 Å². The SMILES string of the molecule is Br.CN1C=C(c2ccccc2)N(Cc2ccccc2)C1. The van der Waals surface area contributed by atoms with Crippen LogP contribution in [-0.2, 0) is 6.54 Å². The summed E-state index contributed by atoms with van der Waals surface area (Å²) in [5.41, 5.74) is 3.93. The van der Waals surface area contributed by atoms with Crippen LogP contribution in [-0.4, -0.2) is 23.5 Å². The zero-order valence-corrected chi connectivity index (χ0v) is 13.3. The lowest BCUT2D eigenvalue weighted by molar-refractivity contribution is 0.300. The van der Waals surface area contributed by atoms with Gasteiger partial charge in [-0.05, 0) is 11.1 Å². The standard InChI is InChI=1S/C17H18N2.BrH/c1-18-13-17(16-10-6-3-7-11-16)19(14-18)12-15-8-4-2-5-9-15;/h2-11,13H,12,14H2,1H3;1H. The molecule has 0 aromatic heterocycles. The molecule has 20 heavy (non-hydrogen) atoms. The number of nitrogens with zero attached hydrogens (tertiary/aromatic N) is 2. The number of rotatable bonds is 3. The molecular weight excluding hydrogens is 312 g/mol. The lowest BCUT2D eigenvalue weighted by atomic mass is 10.1. The summed E-state index contributed by atoms with van der Waals surface area (Å²) in [7, 11) is 2.12. The molecule has 0 spiro atoms. The Bertz CT molecular complexity index is 566. The van der Waals surface area contributed by atoms with Crippen LogP contribution in [0.4, 0.5) is 0 Å². The maximum atomic E-state index is 2.41. The molecule has 3 heteroatoms. The summed E-state index contributed by atoms with van der Waals surface area (Å²) in [6, 6.07) is 21.2. The molecule has 0 aliphatic carbocycles. The second-order valence-corrected chi connectivity index (χ2v) is 4.96. The number of hydrogen-bond donors (Lipinski definition) is 0. The minimum Gasteiger partial charge on any atom is -0.361 e. The van der Waals surface area contributed by atoms with Gasteiger partial charge in [-0.25, -0.2) is 0 Å². The topological polar surface area (TPSA) is 6.48 Å². The molecule has 1 aliphatic heterocycles. The van der Waals surface area contributed by atoms with Crippen molar-refractivity contribution < 1.29 is 0 Å². The molecule has 0 radical (unpaired) electrons. The van der Waals surface area contributed by atoms with Crippen LogP contribution in [0.3, 0.4) is 0 Å². The molecule has 0 N–H and O–H groups in total. The third-order valence-electron chi connectivity index (χ3n) is 3.36. The van der Waals surface area contributed by atoms with E-state index < -0.39 is 0 Å². The fraction of sp³-hybridized carbons (Fsp3) is 0.176. The molecule has 2 aromatic carbocycles. The van der Waals surface area contributed by atoms with Crippen molar-refractivity contribution >= 4 is 22.7 Å². The van der Waals surface area contributed by atoms with Gasteiger partial charge in [-0.1, -0.05) is 60.7 Å². The van der Waals surface area contributed by atoms with Crippen molar-refractivity contribution in [3.05, 3.63) is 78.0 Å². The molecule has 1 heterocycles. The molecule has 0 bridgehead atoms. The summed E-state index contributed by atoms with van der Waals surface area (Å²) in [5.74, 6) is 0. The van der Waals surface area contributed by atoms with E-state index in [9.17, 15) is 0 Å². The zero-order valence-electron chi connectivity index (χ0n) is 11.6. The zero-order chi connectivity index (χ0) is 13.1. The van der Waals surface area contributed by atoms with E-state index in [2.05, 4.69) is 83.7 Å². The number of hydrogen-bond acceptors (Lipinski definition) is 2. The van der Waals surface area contributed by atoms with Crippen LogP contribution in [0.25, 0.3) is 5.70 Å². The maximum absolute atomic E-state index is 2.41. The second kappa shape index (κ2) is 6.62. The van der Waals surface area contributed by atoms with Crippen molar-refractivity contribution in [2.24, 2.45) is 0 Å². The van der Waals surface area contributed by atoms with Crippen molar-refractivity contribution in [2.75, 3.05) is 13.7 Å². The molecule has 104 valence electrons.